The largest absolute Gasteiger partial charge is 0.378 e. The Kier molecular flexibility index (Phi) is 7.87. The highest BCUT2D eigenvalue weighted by Gasteiger charge is 2.21. The summed E-state index contributed by atoms with van der Waals surface area (Å²) in [5.41, 5.74) is 2.06. The first kappa shape index (κ1) is 20.2. The smallest absolute Gasteiger partial charge is 0.319 e. The molecule has 2 N–H and O–H groups in total. The molecular weight excluding hydrogens is 332 g/mol. The van der Waals surface area contributed by atoms with Crippen LogP contribution in [0.15, 0.2) is 18.2 Å². The van der Waals surface area contributed by atoms with Crippen LogP contribution in [-0.2, 0) is 4.74 Å². The quantitative estimate of drug-likeness (QED) is 0.777. The van der Waals surface area contributed by atoms with Crippen LogP contribution in [0.5, 0.6) is 0 Å². The standard InChI is InChI=1S/C19H30N4O3/c1-4-22(5-2)10-9-20-19(25)21-17-8-6-7-16(15(17)3)18(24)23-11-13-26-14-12-23/h6-8H,4-5,9-14H2,1-3H3,(H2,20,21,25). The zero-order valence-electron chi connectivity index (χ0n) is 16.0. The molecule has 1 heterocycles. The van der Waals surface area contributed by atoms with E-state index < -0.39 is 0 Å². The Bertz CT molecular complexity index is 611. The molecular formula is C19H30N4O3. The van der Waals surface area contributed by atoms with Gasteiger partial charge in [-0.1, -0.05) is 19.9 Å². The van der Waals surface area contributed by atoms with Crippen LogP contribution < -0.4 is 10.6 Å². The van der Waals surface area contributed by atoms with Gasteiger partial charge in [0.1, 0.15) is 0 Å². The van der Waals surface area contributed by atoms with Gasteiger partial charge in [0.2, 0.25) is 0 Å². The number of rotatable bonds is 7. The number of ether oxygens (including phenoxy) is 1. The van der Waals surface area contributed by atoms with Gasteiger partial charge in [-0.3, -0.25) is 4.79 Å². The number of morpholine rings is 1. The number of anilines is 1. The number of amides is 3. The zero-order chi connectivity index (χ0) is 18.9. The Balaban J connectivity index is 1.95. The number of nitrogens with one attached hydrogen (secondary N) is 2. The topological polar surface area (TPSA) is 73.9 Å². The van der Waals surface area contributed by atoms with Crippen LogP contribution in [0.3, 0.4) is 0 Å². The third-order valence-electron chi connectivity index (χ3n) is 4.72. The van der Waals surface area contributed by atoms with Crippen molar-refractivity contribution in [1.82, 2.24) is 15.1 Å². The summed E-state index contributed by atoms with van der Waals surface area (Å²) >= 11 is 0. The summed E-state index contributed by atoms with van der Waals surface area (Å²) in [5, 5.41) is 5.72. The van der Waals surface area contributed by atoms with Gasteiger partial charge in [-0.05, 0) is 37.7 Å². The number of carbonyl (C=O) groups excluding carboxylic acids is 2. The summed E-state index contributed by atoms with van der Waals surface area (Å²) in [6.45, 7) is 11.7. The molecule has 1 aliphatic rings. The first-order chi connectivity index (χ1) is 12.6. The maximum absolute atomic E-state index is 12.7. The van der Waals surface area contributed by atoms with Gasteiger partial charge in [0.05, 0.1) is 13.2 Å². The van der Waals surface area contributed by atoms with Gasteiger partial charge >= 0.3 is 6.03 Å². The third kappa shape index (κ3) is 5.44. The van der Waals surface area contributed by atoms with E-state index in [0.29, 0.717) is 44.1 Å². The van der Waals surface area contributed by atoms with Crippen LogP contribution in [-0.4, -0.2) is 74.2 Å². The second kappa shape index (κ2) is 10.1. The molecule has 7 nitrogen and oxygen atoms in total. The lowest BCUT2D eigenvalue weighted by molar-refractivity contribution is 0.0302. The number of urea groups is 1. The van der Waals surface area contributed by atoms with E-state index in [0.717, 1.165) is 25.2 Å². The predicted molar refractivity (Wildman–Crippen MR) is 103 cm³/mol. The molecule has 2 rings (SSSR count). The lowest BCUT2D eigenvalue weighted by atomic mass is 10.1. The molecule has 1 aliphatic heterocycles. The molecule has 0 unspecified atom stereocenters. The van der Waals surface area contributed by atoms with Crippen molar-refractivity contribution in [1.29, 1.82) is 0 Å². The lowest BCUT2D eigenvalue weighted by Crippen LogP contribution is -2.41. The second-order valence-corrected chi connectivity index (χ2v) is 6.29. The van der Waals surface area contributed by atoms with Crippen molar-refractivity contribution < 1.29 is 14.3 Å². The summed E-state index contributed by atoms with van der Waals surface area (Å²) in [6, 6.07) is 5.16. The Morgan fingerprint density at radius 2 is 1.88 bits per heavy atom. The van der Waals surface area contributed by atoms with Crippen LogP contribution in [0, 0.1) is 6.92 Å². The molecule has 7 heteroatoms. The highest BCUT2D eigenvalue weighted by Crippen LogP contribution is 2.21. The number of carbonyl (C=O) groups is 2. The van der Waals surface area contributed by atoms with Gasteiger partial charge in [0.15, 0.2) is 0 Å². The molecule has 144 valence electrons. The van der Waals surface area contributed by atoms with Gasteiger partial charge in [0.25, 0.3) is 5.91 Å². The molecule has 0 radical (unpaired) electrons. The molecule has 3 amide bonds. The maximum Gasteiger partial charge on any atom is 0.319 e. The van der Waals surface area contributed by atoms with Crippen LogP contribution in [0.2, 0.25) is 0 Å². The van der Waals surface area contributed by atoms with E-state index in [4.69, 9.17) is 4.74 Å². The minimum Gasteiger partial charge on any atom is -0.378 e. The first-order valence-electron chi connectivity index (χ1n) is 9.30. The highest BCUT2D eigenvalue weighted by molar-refractivity contribution is 5.99. The van der Waals surface area contributed by atoms with E-state index in [1.54, 1.807) is 17.0 Å². The fraction of sp³-hybridized carbons (Fsp3) is 0.579. The van der Waals surface area contributed by atoms with Crippen molar-refractivity contribution >= 4 is 17.6 Å². The van der Waals surface area contributed by atoms with Crippen molar-refractivity contribution in [2.75, 3.05) is 57.8 Å². The van der Waals surface area contributed by atoms with Crippen molar-refractivity contribution in [3.63, 3.8) is 0 Å². The molecule has 26 heavy (non-hydrogen) atoms. The molecule has 0 spiro atoms. The average Bonchev–Trinajstić information content (AvgIpc) is 2.67. The van der Waals surface area contributed by atoms with Crippen molar-refractivity contribution in [2.45, 2.75) is 20.8 Å². The molecule has 0 saturated carbocycles. The Morgan fingerprint density at radius 1 is 1.19 bits per heavy atom. The van der Waals surface area contributed by atoms with E-state index >= 15 is 0 Å². The Labute approximate surface area is 155 Å². The van der Waals surface area contributed by atoms with E-state index in [9.17, 15) is 9.59 Å². The van der Waals surface area contributed by atoms with Gasteiger partial charge in [-0.25, -0.2) is 4.79 Å². The van der Waals surface area contributed by atoms with Crippen LogP contribution in [0.4, 0.5) is 10.5 Å². The molecule has 0 aliphatic carbocycles. The van der Waals surface area contributed by atoms with E-state index in [-0.39, 0.29) is 11.9 Å². The maximum atomic E-state index is 12.7. The molecule has 1 aromatic carbocycles. The van der Waals surface area contributed by atoms with Crippen molar-refractivity contribution in [3.8, 4) is 0 Å². The van der Waals surface area contributed by atoms with Crippen molar-refractivity contribution in [3.05, 3.63) is 29.3 Å². The summed E-state index contributed by atoms with van der Waals surface area (Å²) < 4.78 is 5.30. The summed E-state index contributed by atoms with van der Waals surface area (Å²) in [6.07, 6.45) is 0. The minimum absolute atomic E-state index is 0.0172. The number of benzene rings is 1. The monoisotopic (exact) mass is 362 g/mol. The lowest BCUT2D eigenvalue weighted by Gasteiger charge is -2.27. The second-order valence-electron chi connectivity index (χ2n) is 6.29. The molecule has 0 bridgehead atoms. The van der Waals surface area contributed by atoms with Crippen LogP contribution >= 0.6 is 0 Å². The SMILES string of the molecule is CCN(CC)CCNC(=O)Nc1cccc(C(=O)N2CCOCC2)c1C. The molecule has 1 fully saturated rings. The fourth-order valence-electron chi connectivity index (χ4n) is 2.97. The highest BCUT2D eigenvalue weighted by atomic mass is 16.5. The summed E-state index contributed by atoms with van der Waals surface area (Å²) in [4.78, 5) is 28.9. The van der Waals surface area contributed by atoms with Gasteiger partial charge in [0, 0.05) is 37.4 Å². The van der Waals surface area contributed by atoms with Crippen LogP contribution in [0.25, 0.3) is 0 Å². The van der Waals surface area contributed by atoms with Gasteiger partial charge < -0.3 is 25.2 Å². The summed E-state index contributed by atoms with van der Waals surface area (Å²) in [5.74, 6) is -0.0172. The molecule has 0 aromatic heterocycles. The Hall–Kier alpha value is -2.12. The third-order valence-corrected chi connectivity index (χ3v) is 4.72. The predicted octanol–water partition coefficient (Wildman–Crippen LogP) is 1.93. The molecule has 0 atom stereocenters. The minimum atomic E-state index is -0.253. The van der Waals surface area contributed by atoms with E-state index in [2.05, 4.69) is 29.4 Å². The number of hydrogen-bond acceptors (Lipinski definition) is 4. The number of hydrogen-bond donors (Lipinski definition) is 2. The van der Waals surface area contributed by atoms with Crippen molar-refractivity contribution in [2.24, 2.45) is 0 Å². The Morgan fingerprint density at radius 3 is 2.54 bits per heavy atom. The van der Waals surface area contributed by atoms with E-state index in [1.807, 2.05) is 13.0 Å². The molecule has 1 saturated heterocycles. The normalized spacial score (nSPS) is 14.4. The molecule has 1 aromatic rings. The summed E-state index contributed by atoms with van der Waals surface area (Å²) in [7, 11) is 0. The zero-order valence-corrected chi connectivity index (χ0v) is 16.0. The number of likely N-dealkylation sites (N-methyl/N-ethyl adjacent to an activating group) is 1. The average molecular weight is 362 g/mol. The van der Waals surface area contributed by atoms with Gasteiger partial charge in [-0.2, -0.15) is 0 Å². The fourth-order valence-corrected chi connectivity index (χ4v) is 2.97. The van der Waals surface area contributed by atoms with Crippen LogP contribution in [0.1, 0.15) is 29.8 Å². The van der Waals surface area contributed by atoms with E-state index in [1.165, 1.54) is 0 Å². The first-order valence-corrected chi connectivity index (χ1v) is 9.30. The van der Waals surface area contributed by atoms with Gasteiger partial charge in [-0.15, -0.1) is 0 Å². The number of nitrogens with zero attached hydrogens (tertiary/aromatic N) is 2.